The molecule has 6 nitrogen and oxygen atoms in total. The number of nitrogens with one attached hydrogen (secondary N) is 1. The van der Waals surface area contributed by atoms with Gasteiger partial charge in [-0.1, -0.05) is 18.2 Å². The average molecular weight is 373 g/mol. The number of carbonyl (C=O) groups excluding carboxylic acids is 1. The summed E-state index contributed by atoms with van der Waals surface area (Å²) in [5.74, 6) is 0.442. The van der Waals surface area contributed by atoms with Crippen molar-refractivity contribution in [1.29, 1.82) is 0 Å². The number of amides is 1. The van der Waals surface area contributed by atoms with Gasteiger partial charge in [0.05, 0.1) is 24.3 Å². The third kappa shape index (κ3) is 3.14. The minimum absolute atomic E-state index is 0.0835. The molecule has 1 fully saturated rings. The van der Waals surface area contributed by atoms with Gasteiger partial charge < -0.3 is 14.5 Å². The molecule has 1 aliphatic rings. The highest BCUT2D eigenvalue weighted by Gasteiger charge is 2.29. The Balaban J connectivity index is 1.61. The first-order chi connectivity index (χ1) is 12.4. The van der Waals surface area contributed by atoms with E-state index in [2.05, 4.69) is 5.32 Å². The number of methoxy groups -OCH3 is 1. The molecule has 0 radical (unpaired) electrons. The Bertz CT molecular complexity index is 1100. The van der Waals surface area contributed by atoms with Crippen LogP contribution in [0.2, 0.25) is 0 Å². The molecule has 0 aliphatic carbocycles. The van der Waals surface area contributed by atoms with Gasteiger partial charge in [-0.15, -0.1) is 0 Å². The largest absolute Gasteiger partial charge is 0.495 e. The number of para-hydroxylation sites is 1. The fraction of sp³-hybridized carbons (Fsp3) is 0.316. The maximum absolute atomic E-state index is 12.4. The number of anilines is 1. The van der Waals surface area contributed by atoms with Gasteiger partial charge in [-0.05, 0) is 24.5 Å². The van der Waals surface area contributed by atoms with Gasteiger partial charge in [-0.2, -0.15) is 0 Å². The zero-order chi connectivity index (χ0) is 18.3. The van der Waals surface area contributed by atoms with Crippen molar-refractivity contribution in [2.45, 2.75) is 12.8 Å². The van der Waals surface area contributed by atoms with Gasteiger partial charge in [0.15, 0.2) is 9.84 Å². The number of sulfone groups is 1. The van der Waals surface area contributed by atoms with Gasteiger partial charge in [0.2, 0.25) is 5.91 Å². The van der Waals surface area contributed by atoms with E-state index >= 15 is 0 Å². The first-order valence-corrected chi connectivity index (χ1v) is 10.3. The molecule has 1 atom stereocenters. The number of benzene rings is 2. The minimum atomic E-state index is -2.99. The molecule has 2 heterocycles. The molecular weight excluding hydrogens is 354 g/mol. The van der Waals surface area contributed by atoms with E-state index in [1.54, 1.807) is 13.2 Å². The summed E-state index contributed by atoms with van der Waals surface area (Å²) in [6.07, 6.45) is 0.718. The molecule has 3 aromatic rings. The molecule has 0 spiro atoms. The highest BCUT2D eigenvalue weighted by molar-refractivity contribution is 7.91. The Morgan fingerprint density at radius 3 is 2.77 bits per heavy atom. The van der Waals surface area contributed by atoms with Crippen molar-refractivity contribution in [3.05, 3.63) is 36.4 Å². The van der Waals surface area contributed by atoms with Crippen LogP contribution in [0.1, 0.15) is 12.8 Å². The van der Waals surface area contributed by atoms with Crippen molar-refractivity contribution in [2.75, 3.05) is 23.9 Å². The van der Waals surface area contributed by atoms with Gasteiger partial charge in [0, 0.05) is 23.3 Å². The molecule has 0 saturated carbocycles. The second kappa shape index (κ2) is 6.32. The molecule has 1 unspecified atom stereocenters. The van der Waals surface area contributed by atoms with Crippen LogP contribution in [0.4, 0.5) is 5.69 Å². The first-order valence-electron chi connectivity index (χ1n) is 8.45. The Hall–Kier alpha value is -2.54. The monoisotopic (exact) mass is 373 g/mol. The van der Waals surface area contributed by atoms with E-state index in [1.165, 1.54) is 0 Å². The third-order valence-corrected chi connectivity index (χ3v) is 6.61. The molecule has 1 aromatic heterocycles. The van der Waals surface area contributed by atoms with E-state index in [9.17, 15) is 13.2 Å². The van der Waals surface area contributed by atoms with Crippen LogP contribution in [0.3, 0.4) is 0 Å². The summed E-state index contributed by atoms with van der Waals surface area (Å²) in [6.45, 7) is 0. The average Bonchev–Trinajstić information content (AvgIpc) is 3.12. The van der Waals surface area contributed by atoms with Crippen molar-refractivity contribution in [2.24, 2.45) is 5.92 Å². The highest BCUT2D eigenvalue weighted by Crippen LogP contribution is 2.36. The molecule has 1 saturated heterocycles. The van der Waals surface area contributed by atoms with E-state index in [-0.39, 0.29) is 29.8 Å². The van der Waals surface area contributed by atoms with Crippen LogP contribution in [0.5, 0.6) is 5.75 Å². The van der Waals surface area contributed by atoms with E-state index in [1.807, 2.05) is 30.3 Å². The summed E-state index contributed by atoms with van der Waals surface area (Å²) >= 11 is 0. The normalized spacial score (nSPS) is 19.0. The number of furan rings is 1. The second-order valence-corrected chi connectivity index (χ2v) is 8.90. The molecule has 7 heteroatoms. The fourth-order valence-corrected chi connectivity index (χ4v) is 5.38. The van der Waals surface area contributed by atoms with Gasteiger partial charge in [-0.3, -0.25) is 4.79 Å². The lowest BCUT2D eigenvalue weighted by Gasteiger charge is -2.12. The lowest BCUT2D eigenvalue weighted by Crippen LogP contribution is -2.17. The van der Waals surface area contributed by atoms with Crippen molar-refractivity contribution in [3.8, 4) is 5.75 Å². The van der Waals surface area contributed by atoms with Crippen LogP contribution < -0.4 is 10.1 Å². The number of fused-ring (bicyclic) bond motifs is 3. The Morgan fingerprint density at radius 2 is 2.04 bits per heavy atom. The van der Waals surface area contributed by atoms with E-state index in [0.29, 0.717) is 23.4 Å². The minimum Gasteiger partial charge on any atom is -0.495 e. The number of hydrogen-bond acceptors (Lipinski definition) is 5. The summed E-state index contributed by atoms with van der Waals surface area (Å²) in [4.78, 5) is 12.4. The summed E-state index contributed by atoms with van der Waals surface area (Å²) in [7, 11) is -1.45. The van der Waals surface area contributed by atoms with Crippen LogP contribution in [-0.4, -0.2) is 32.9 Å². The molecule has 2 aromatic carbocycles. The molecule has 1 aliphatic heterocycles. The van der Waals surface area contributed by atoms with E-state index in [4.69, 9.17) is 9.15 Å². The Morgan fingerprint density at radius 1 is 1.23 bits per heavy atom. The molecule has 26 heavy (non-hydrogen) atoms. The van der Waals surface area contributed by atoms with Crippen molar-refractivity contribution in [1.82, 2.24) is 0 Å². The summed E-state index contributed by atoms with van der Waals surface area (Å²) in [6, 6.07) is 11.3. The maximum Gasteiger partial charge on any atom is 0.224 e. The van der Waals surface area contributed by atoms with Crippen LogP contribution in [0.15, 0.2) is 40.8 Å². The molecular formula is C19H19NO5S. The standard InChI is InChI=1S/C19H19NO5S/c1-24-18-9-14-13-4-2-3-5-16(13)25-17(14)10-15(18)20-19(21)8-12-6-7-26(22,23)11-12/h2-5,9-10,12H,6-8,11H2,1H3,(H,20,21). The van der Waals surface area contributed by atoms with Crippen LogP contribution in [0, 0.1) is 5.92 Å². The zero-order valence-electron chi connectivity index (χ0n) is 14.3. The third-order valence-electron chi connectivity index (χ3n) is 4.77. The number of carbonyl (C=O) groups is 1. The predicted octanol–water partition coefficient (Wildman–Crippen LogP) is 3.36. The van der Waals surface area contributed by atoms with Crippen LogP contribution >= 0.6 is 0 Å². The maximum atomic E-state index is 12.4. The quantitative estimate of drug-likeness (QED) is 0.758. The predicted molar refractivity (Wildman–Crippen MR) is 100 cm³/mol. The van der Waals surface area contributed by atoms with Crippen LogP contribution in [0.25, 0.3) is 21.9 Å². The highest BCUT2D eigenvalue weighted by atomic mass is 32.2. The molecule has 4 rings (SSSR count). The number of hydrogen-bond donors (Lipinski definition) is 1. The molecule has 0 bridgehead atoms. The van der Waals surface area contributed by atoms with Gasteiger partial charge in [0.1, 0.15) is 16.9 Å². The van der Waals surface area contributed by atoms with E-state index in [0.717, 1.165) is 16.4 Å². The Kier molecular flexibility index (Phi) is 4.11. The van der Waals surface area contributed by atoms with Gasteiger partial charge in [0.25, 0.3) is 0 Å². The van der Waals surface area contributed by atoms with Crippen molar-refractivity contribution >= 4 is 43.4 Å². The Labute approximate surface area is 151 Å². The second-order valence-electron chi connectivity index (χ2n) is 6.67. The SMILES string of the molecule is COc1cc2c(cc1NC(=O)CC1CCS(=O)(=O)C1)oc1ccccc12. The molecule has 1 amide bonds. The topological polar surface area (TPSA) is 85.6 Å². The molecule has 1 N–H and O–H groups in total. The smallest absolute Gasteiger partial charge is 0.224 e. The summed E-state index contributed by atoms with van der Waals surface area (Å²) in [5.41, 5.74) is 1.94. The lowest BCUT2D eigenvalue weighted by atomic mass is 10.0. The number of rotatable bonds is 4. The van der Waals surface area contributed by atoms with Gasteiger partial charge in [-0.25, -0.2) is 8.42 Å². The van der Waals surface area contributed by atoms with Crippen molar-refractivity contribution in [3.63, 3.8) is 0 Å². The lowest BCUT2D eigenvalue weighted by molar-refractivity contribution is -0.116. The van der Waals surface area contributed by atoms with E-state index < -0.39 is 9.84 Å². The van der Waals surface area contributed by atoms with Gasteiger partial charge >= 0.3 is 0 Å². The first kappa shape index (κ1) is 16.9. The summed E-state index contributed by atoms with van der Waals surface area (Å²) < 4.78 is 34.4. The number of ether oxygens (including phenoxy) is 1. The molecule has 136 valence electrons. The van der Waals surface area contributed by atoms with Crippen LogP contribution in [-0.2, 0) is 14.6 Å². The zero-order valence-corrected chi connectivity index (χ0v) is 15.1. The summed E-state index contributed by atoms with van der Waals surface area (Å²) in [5, 5.41) is 4.73. The fourth-order valence-electron chi connectivity index (χ4n) is 3.51. The van der Waals surface area contributed by atoms with Crippen molar-refractivity contribution < 1.29 is 22.4 Å².